The molecule has 96 valence electrons. The Morgan fingerprint density at radius 3 is 2.67 bits per heavy atom. The first-order valence-electron chi connectivity index (χ1n) is 5.83. The van der Waals surface area contributed by atoms with Crippen molar-refractivity contribution in [2.45, 2.75) is 19.9 Å². The molecule has 0 unspecified atom stereocenters. The average molecular weight is 249 g/mol. The molecule has 0 amide bonds. The quantitative estimate of drug-likeness (QED) is 0.896. The molecule has 1 aromatic carbocycles. The molecule has 1 heterocycles. The van der Waals surface area contributed by atoms with Crippen LogP contribution >= 0.6 is 0 Å². The van der Waals surface area contributed by atoms with Crippen LogP contribution < -0.4 is 11.3 Å². The van der Waals surface area contributed by atoms with E-state index in [-0.39, 0.29) is 17.1 Å². The summed E-state index contributed by atoms with van der Waals surface area (Å²) in [6, 6.07) is 6.21. The second-order valence-electron chi connectivity index (χ2n) is 4.23. The second-order valence-corrected chi connectivity index (χ2v) is 4.23. The summed E-state index contributed by atoms with van der Waals surface area (Å²) < 4.78 is 16.4. The summed E-state index contributed by atoms with van der Waals surface area (Å²) in [4.78, 5) is 12.0. The molecule has 18 heavy (non-hydrogen) atoms. The van der Waals surface area contributed by atoms with Crippen LogP contribution in [0.5, 0.6) is 0 Å². The van der Waals surface area contributed by atoms with E-state index in [0.29, 0.717) is 13.0 Å². The third kappa shape index (κ3) is 2.03. The molecule has 1 aromatic heterocycles. The molecule has 2 aromatic rings. The highest BCUT2D eigenvalue weighted by molar-refractivity contribution is 5.41. The molecule has 0 aliphatic rings. The maximum absolute atomic E-state index is 13.1. The minimum absolute atomic E-state index is 0.224. The van der Waals surface area contributed by atoms with Gasteiger partial charge < -0.3 is 5.73 Å². The Labute approximate surface area is 104 Å². The van der Waals surface area contributed by atoms with E-state index >= 15 is 0 Å². The van der Waals surface area contributed by atoms with Crippen LogP contribution in [-0.2, 0) is 20.0 Å². The van der Waals surface area contributed by atoms with Gasteiger partial charge in [0, 0.05) is 7.05 Å². The minimum atomic E-state index is -0.307. The van der Waals surface area contributed by atoms with E-state index in [4.69, 9.17) is 5.73 Å². The van der Waals surface area contributed by atoms with Gasteiger partial charge in [-0.15, -0.1) is 0 Å². The Kier molecular flexibility index (Phi) is 3.23. The molecule has 2 rings (SSSR count). The van der Waals surface area contributed by atoms with Crippen LogP contribution in [0.25, 0.3) is 0 Å². The lowest BCUT2D eigenvalue weighted by Gasteiger charge is -2.09. The molecule has 4 nitrogen and oxygen atoms in total. The van der Waals surface area contributed by atoms with Crippen molar-refractivity contribution in [1.29, 1.82) is 0 Å². The fourth-order valence-electron chi connectivity index (χ4n) is 2.12. The van der Waals surface area contributed by atoms with Crippen molar-refractivity contribution < 1.29 is 4.39 Å². The molecule has 0 saturated carbocycles. The van der Waals surface area contributed by atoms with Gasteiger partial charge in [0.2, 0.25) is 0 Å². The van der Waals surface area contributed by atoms with E-state index in [1.54, 1.807) is 23.9 Å². The molecule has 5 heteroatoms. The molecule has 0 atom stereocenters. The molecular weight excluding hydrogens is 233 g/mol. The highest BCUT2D eigenvalue weighted by Gasteiger charge is 2.13. The summed E-state index contributed by atoms with van der Waals surface area (Å²) in [6.07, 6.45) is 0.688. The van der Waals surface area contributed by atoms with Gasteiger partial charge in [-0.25, -0.2) is 9.07 Å². The summed E-state index contributed by atoms with van der Waals surface area (Å²) in [6.45, 7) is 2.26. The van der Waals surface area contributed by atoms with Crippen LogP contribution in [0.15, 0.2) is 29.1 Å². The van der Waals surface area contributed by atoms with Crippen LogP contribution in [0.1, 0.15) is 18.2 Å². The number of aromatic nitrogens is 2. The summed E-state index contributed by atoms with van der Waals surface area (Å²) in [5.41, 5.74) is 7.36. The Bertz CT molecular complexity index is 628. The van der Waals surface area contributed by atoms with E-state index < -0.39 is 0 Å². The molecule has 0 saturated heterocycles. The first-order valence-corrected chi connectivity index (χ1v) is 5.83. The number of nitrogen functional groups attached to an aromatic ring is 1. The molecule has 0 bridgehead atoms. The standard InChI is InChI=1S/C13H16FN3O/c1-3-11-12(15)13(18)17(16(11)2)8-9-5-4-6-10(14)7-9/h4-7H,3,8,15H2,1-2H3. The highest BCUT2D eigenvalue weighted by atomic mass is 19.1. The number of rotatable bonds is 3. The van der Waals surface area contributed by atoms with Crippen molar-refractivity contribution in [1.82, 2.24) is 9.36 Å². The summed E-state index contributed by atoms with van der Waals surface area (Å²) in [5, 5.41) is 0. The number of nitrogens with zero attached hydrogens (tertiary/aromatic N) is 2. The number of benzene rings is 1. The second kappa shape index (κ2) is 4.68. The van der Waals surface area contributed by atoms with Gasteiger partial charge in [0.25, 0.3) is 5.56 Å². The number of hydrogen-bond acceptors (Lipinski definition) is 2. The van der Waals surface area contributed by atoms with Gasteiger partial charge in [0.1, 0.15) is 11.5 Å². The third-order valence-electron chi connectivity index (χ3n) is 3.08. The molecule has 0 fully saturated rings. The van der Waals surface area contributed by atoms with Crippen molar-refractivity contribution in [3.8, 4) is 0 Å². The molecule has 2 N–H and O–H groups in total. The molecule has 0 radical (unpaired) electrons. The van der Waals surface area contributed by atoms with Gasteiger partial charge >= 0.3 is 0 Å². The van der Waals surface area contributed by atoms with Gasteiger partial charge in [0.15, 0.2) is 0 Å². The number of anilines is 1. The summed E-state index contributed by atoms with van der Waals surface area (Å²) >= 11 is 0. The van der Waals surface area contributed by atoms with Crippen LogP contribution in [0.3, 0.4) is 0 Å². The largest absolute Gasteiger partial charge is 0.393 e. The number of halogens is 1. The fraction of sp³-hybridized carbons (Fsp3) is 0.308. The lowest BCUT2D eigenvalue weighted by molar-refractivity contribution is 0.517. The predicted octanol–water partition coefficient (Wildman–Crippen LogP) is 1.52. The molecule has 0 aliphatic carbocycles. The maximum atomic E-state index is 13.1. The van der Waals surface area contributed by atoms with Gasteiger partial charge in [-0.05, 0) is 24.1 Å². The number of hydrogen-bond donors (Lipinski definition) is 1. The maximum Gasteiger partial charge on any atom is 0.290 e. The predicted molar refractivity (Wildman–Crippen MR) is 69.0 cm³/mol. The van der Waals surface area contributed by atoms with Crippen molar-refractivity contribution in [2.24, 2.45) is 7.05 Å². The lowest BCUT2D eigenvalue weighted by atomic mass is 10.2. The van der Waals surface area contributed by atoms with Gasteiger partial charge in [-0.1, -0.05) is 19.1 Å². The minimum Gasteiger partial charge on any atom is -0.393 e. The SMILES string of the molecule is CCc1c(N)c(=O)n(Cc2cccc(F)c2)n1C. The lowest BCUT2D eigenvalue weighted by Crippen LogP contribution is -2.23. The van der Waals surface area contributed by atoms with E-state index in [9.17, 15) is 9.18 Å². The average Bonchev–Trinajstić information content (AvgIpc) is 2.53. The number of nitrogens with two attached hydrogens (primary N) is 1. The summed E-state index contributed by atoms with van der Waals surface area (Å²) in [7, 11) is 1.79. The van der Waals surface area contributed by atoms with Gasteiger partial charge in [0.05, 0.1) is 12.2 Å². The van der Waals surface area contributed by atoms with E-state index in [2.05, 4.69) is 0 Å². The van der Waals surface area contributed by atoms with E-state index in [1.165, 1.54) is 16.8 Å². The van der Waals surface area contributed by atoms with Crippen LogP contribution in [-0.4, -0.2) is 9.36 Å². The van der Waals surface area contributed by atoms with E-state index in [0.717, 1.165) is 11.3 Å². The first kappa shape index (κ1) is 12.4. The van der Waals surface area contributed by atoms with Crippen LogP contribution in [0, 0.1) is 5.82 Å². The molecule has 0 aliphatic heterocycles. The van der Waals surface area contributed by atoms with Crippen LogP contribution in [0.2, 0.25) is 0 Å². The zero-order valence-corrected chi connectivity index (χ0v) is 10.5. The Morgan fingerprint density at radius 1 is 1.39 bits per heavy atom. The molecule has 0 spiro atoms. The van der Waals surface area contributed by atoms with Gasteiger partial charge in [-0.2, -0.15) is 0 Å². The third-order valence-corrected chi connectivity index (χ3v) is 3.08. The van der Waals surface area contributed by atoms with E-state index in [1.807, 2.05) is 6.92 Å². The zero-order chi connectivity index (χ0) is 13.3. The fourth-order valence-corrected chi connectivity index (χ4v) is 2.12. The smallest absolute Gasteiger partial charge is 0.290 e. The summed E-state index contributed by atoms with van der Waals surface area (Å²) in [5.74, 6) is -0.307. The first-order chi connectivity index (χ1) is 8.54. The monoisotopic (exact) mass is 249 g/mol. The van der Waals surface area contributed by atoms with Crippen molar-refractivity contribution >= 4 is 5.69 Å². The Hall–Kier alpha value is -2.04. The normalized spacial score (nSPS) is 10.8. The van der Waals surface area contributed by atoms with Crippen LogP contribution in [0.4, 0.5) is 10.1 Å². The Morgan fingerprint density at radius 2 is 2.11 bits per heavy atom. The van der Waals surface area contributed by atoms with Crippen molar-refractivity contribution in [2.75, 3.05) is 5.73 Å². The highest BCUT2D eigenvalue weighted by Crippen LogP contribution is 2.10. The molecular formula is C13H16FN3O. The van der Waals surface area contributed by atoms with Crippen molar-refractivity contribution in [3.63, 3.8) is 0 Å². The van der Waals surface area contributed by atoms with Gasteiger partial charge in [-0.3, -0.25) is 9.48 Å². The topological polar surface area (TPSA) is 53.0 Å². The van der Waals surface area contributed by atoms with Crippen molar-refractivity contribution in [3.05, 3.63) is 51.7 Å². The zero-order valence-electron chi connectivity index (χ0n) is 10.5. The Balaban J connectivity index is 2.44.